The SMILES string of the molecule is C.CCCCCCCCCCCCO[C@@H]1C[C@H](C(=O)O)[C@@H](O[C@@H]2C[C@H](C(=O)NCCCC[C@H](CC(C)(C)C)C(=O)O)[C@@H](O)[C@H](O)[C@H]2O)[C@H](O)[C@H]1O. The summed E-state index contributed by atoms with van der Waals surface area (Å²) in [4.78, 5) is 37.0. The van der Waals surface area contributed by atoms with Gasteiger partial charge in [-0.15, -0.1) is 0 Å². The summed E-state index contributed by atoms with van der Waals surface area (Å²) < 4.78 is 11.7. The molecule has 13 nitrogen and oxygen atoms in total. The highest BCUT2D eigenvalue weighted by Gasteiger charge is 2.52. The average Bonchev–Trinajstić information content (AvgIpc) is 3.04. The van der Waals surface area contributed by atoms with Crippen molar-refractivity contribution < 1.29 is 59.6 Å². The van der Waals surface area contributed by atoms with Gasteiger partial charge in [0.2, 0.25) is 5.91 Å². The number of nitrogens with one attached hydrogen (secondary N) is 1. The van der Waals surface area contributed by atoms with E-state index in [1.807, 2.05) is 20.8 Å². The Kier molecular flexibility index (Phi) is 21.9. The van der Waals surface area contributed by atoms with Gasteiger partial charge in [-0.1, -0.05) is 99.3 Å². The van der Waals surface area contributed by atoms with E-state index in [2.05, 4.69) is 12.2 Å². The molecule has 2 aliphatic carbocycles. The molecule has 2 rings (SSSR count). The van der Waals surface area contributed by atoms with Gasteiger partial charge in [0, 0.05) is 13.2 Å². The molecule has 2 fully saturated rings. The smallest absolute Gasteiger partial charge is 0.309 e. The molecule has 2 saturated carbocycles. The largest absolute Gasteiger partial charge is 0.481 e. The number of carbonyl (C=O) groups excluding carboxylic acids is 1. The van der Waals surface area contributed by atoms with Crippen molar-refractivity contribution in [3.05, 3.63) is 0 Å². The fourth-order valence-corrected chi connectivity index (χ4v) is 7.28. The van der Waals surface area contributed by atoms with Gasteiger partial charge in [0.05, 0.1) is 42.2 Å². The third kappa shape index (κ3) is 16.0. The van der Waals surface area contributed by atoms with Crippen LogP contribution >= 0.6 is 0 Å². The summed E-state index contributed by atoms with van der Waals surface area (Å²) in [6.45, 7) is 8.64. The predicted octanol–water partition coefficient (Wildman–Crippen LogP) is 4.03. The minimum Gasteiger partial charge on any atom is -0.481 e. The molecule has 1 amide bonds. The lowest BCUT2D eigenvalue weighted by Gasteiger charge is -2.45. The molecule has 0 aromatic heterocycles. The third-order valence-corrected chi connectivity index (χ3v) is 10.2. The summed E-state index contributed by atoms with van der Waals surface area (Å²) >= 11 is 0. The highest BCUT2D eigenvalue weighted by atomic mass is 16.5. The van der Waals surface area contributed by atoms with E-state index in [1.54, 1.807) is 0 Å². The van der Waals surface area contributed by atoms with Crippen LogP contribution < -0.4 is 5.32 Å². The van der Waals surface area contributed by atoms with E-state index in [9.17, 15) is 50.1 Å². The van der Waals surface area contributed by atoms with Crippen LogP contribution in [0.5, 0.6) is 0 Å². The molecule has 8 N–H and O–H groups in total. The Balaban J connectivity index is 0.0000130. The minimum atomic E-state index is -1.79. The number of rotatable bonds is 23. The van der Waals surface area contributed by atoms with Crippen LogP contribution in [-0.4, -0.2) is 116 Å². The summed E-state index contributed by atoms with van der Waals surface area (Å²) in [7, 11) is 0. The Hall–Kier alpha value is -1.87. The second-order valence-corrected chi connectivity index (χ2v) is 15.8. The van der Waals surface area contributed by atoms with Gasteiger partial charge in [0.15, 0.2) is 0 Å². The Bertz CT molecular complexity index is 1010. The molecule has 11 atom stereocenters. The van der Waals surface area contributed by atoms with Crippen LogP contribution in [0, 0.1) is 23.2 Å². The fourth-order valence-electron chi connectivity index (χ4n) is 7.28. The monoisotopic (exact) mass is 733 g/mol. The molecule has 13 heteroatoms. The van der Waals surface area contributed by atoms with E-state index in [1.165, 1.54) is 38.5 Å². The standard InChI is InChI=1S/C37H67NO12.CH4/c1-5-6-7-8-9-10-11-12-13-16-19-49-26-21-25(36(47)48)33(32(43)29(26)40)50-27-20-24(28(39)31(42)30(27)41)34(44)38-18-15-14-17-23(35(45)46)22-37(2,3)4;/h23-33,39-43H,5-22H2,1-4H3,(H,38,44)(H,45,46)(H,47,48);1H4/t23-,24+,25+,26-,27-,28-,29+,30+,31+,32-,33-;/m1./s1. The van der Waals surface area contributed by atoms with Crippen molar-refractivity contribution in [2.75, 3.05) is 13.2 Å². The maximum absolute atomic E-state index is 13.1. The van der Waals surface area contributed by atoms with Gasteiger partial charge in [-0.3, -0.25) is 14.4 Å². The predicted molar refractivity (Wildman–Crippen MR) is 193 cm³/mol. The zero-order chi connectivity index (χ0) is 37.4. The molecule has 0 bridgehead atoms. The highest BCUT2D eigenvalue weighted by Crippen LogP contribution is 2.36. The topological polar surface area (TPSA) is 223 Å². The number of aliphatic carboxylic acids is 2. The van der Waals surface area contributed by atoms with Crippen LogP contribution in [0.15, 0.2) is 0 Å². The normalized spacial score (nSPS) is 30.3. The summed E-state index contributed by atoms with van der Waals surface area (Å²) in [6, 6.07) is 0. The van der Waals surface area contributed by atoms with Crippen molar-refractivity contribution in [3.63, 3.8) is 0 Å². The van der Waals surface area contributed by atoms with Crippen molar-refractivity contribution in [1.29, 1.82) is 0 Å². The Morgan fingerprint density at radius 3 is 1.80 bits per heavy atom. The number of hydrogen-bond acceptors (Lipinski definition) is 10. The summed E-state index contributed by atoms with van der Waals surface area (Å²) in [6.07, 6.45) is 0.999. The van der Waals surface area contributed by atoms with Crippen molar-refractivity contribution in [3.8, 4) is 0 Å². The zero-order valence-electron chi connectivity index (χ0n) is 30.8. The van der Waals surface area contributed by atoms with E-state index in [4.69, 9.17) is 9.47 Å². The Morgan fingerprint density at radius 2 is 1.25 bits per heavy atom. The van der Waals surface area contributed by atoms with Gasteiger partial charge in [0.25, 0.3) is 0 Å². The lowest BCUT2D eigenvalue weighted by Crippen LogP contribution is -2.62. The maximum Gasteiger partial charge on any atom is 0.309 e. The van der Waals surface area contributed by atoms with Gasteiger partial charge < -0.3 is 50.5 Å². The molecule has 0 aromatic rings. The Morgan fingerprint density at radius 1 is 0.706 bits per heavy atom. The molecular formula is C38H71NO12. The van der Waals surface area contributed by atoms with Gasteiger partial charge >= 0.3 is 11.9 Å². The number of aliphatic hydroxyl groups is 5. The van der Waals surface area contributed by atoms with Crippen LogP contribution in [0.1, 0.15) is 138 Å². The molecule has 2 aliphatic rings. The van der Waals surface area contributed by atoms with Gasteiger partial charge in [0.1, 0.15) is 24.4 Å². The van der Waals surface area contributed by atoms with E-state index < -0.39 is 84.4 Å². The van der Waals surface area contributed by atoms with E-state index in [0.29, 0.717) is 32.3 Å². The van der Waals surface area contributed by atoms with Crippen LogP contribution in [0.4, 0.5) is 0 Å². The lowest BCUT2D eigenvalue weighted by molar-refractivity contribution is -0.237. The van der Waals surface area contributed by atoms with Crippen LogP contribution in [-0.2, 0) is 23.9 Å². The lowest BCUT2D eigenvalue weighted by atomic mass is 9.78. The number of carboxylic acids is 2. The summed E-state index contributed by atoms with van der Waals surface area (Å²) in [5.74, 6) is -5.78. The van der Waals surface area contributed by atoms with Crippen molar-refractivity contribution in [2.24, 2.45) is 23.2 Å². The molecule has 0 aliphatic heterocycles. The van der Waals surface area contributed by atoms with Gasteiger partial charge in [-0.05, 0) is 43.9 Å². The van der Waals surface area contributed by atoms with E-state index >= 15 is 0 Å². The second kappa shape index (κ2) is 23.7. The number of amides is 1. The number of aliphatic hydroxyl groups excluding tert-OH is 5. The maximum atomic E-state index is 13.1. The van der Waals surface area contributed by atoms with Crippen LogP contribution in [0.25, 0.3) is 0 Å². The molecule has 51 heavy (non-hydrogen) atoms. The number of hydrogen-bond donors (Lipinski definition) is 8. The summed E-state index contributed by atoms with van der Waals surface area (Å²) in [5, 5.41) is 76.0. The molecular weight excluding hydrogens is 662 g/mol. The molecule has 300 valence electrons. The number of ether oxygens (including phenoxy) is 2. The molecule has 0 heterocycles. The molecule has 0 radical (unpaired) electrons. The molecule has 0 spiro atoms. The third-order valence-electron chi connectivity index (χ3n) is 10.2. The van der Waals surface area contributed by atoms with Crippen LogP contribution in [0.2, 0.25) is 0 Å². The quantitative estimate of drug-likeness (QED) is 0.0698. The first-order valence-electron chi connectivity index (χ1n) is 19.0. The van der Waals surface area contributed by atoms with E-state index in [-0.39, 0.29) is 32.2 Å². The number of carboxylic acid groups (broad SMARTS) is 2. The number of unbranched alkanes of at least 4 members (excludes halogenated alkanes) is 10. The van der Waals surface area contributed by atoms with Gasteiger partial charge in [-0.25, -0.2) is 0 Å². The minimum absolute atomic E-state index is 0. The first-order valence-corrected chi connectivity index (χ1v) is 19.0. The fraction of sp³-hybridized carbons (Fsp3) is 0.921. The van der Waals surface area contributed by atoms with Crippen LogP contribution in [0.3, 0.4) is 0 Å². The second-order valence-electron chi connectivity index (χ2n) is 15.8. The number of carbonyl (C=O) groups is 3. The Labute approximate surface area is 305 Å². The van der Waals surface area contributed by atoms with Crippen molar-refractivity contribution in [2.45, 2.75) is 187 Å². The molecule has 0 aromatic carbocycles. The van der Waals surface area contributed by atoms with Crippen molar-refractivity contribution in [1.82, 2.24) is 5.32 Å². The van der Waals surface area contributed by atoms with Gasteiger partial charge in [-0.2, -0.15) is 0 Å². The highest BCUT2D eigenvalue weighted by molar-refractivity contribution is 5.79. The van der Waals surface area contributed by atoms with Crippen molar-refractivity contribution >= 4 is 17.8 Å². The zero-order valence-corrected chi connectivity index (χ0v) is 30.8. The van der Waals surface area contributed by atoms with E-state index in [0.717, 1.165) is 25.7 Å². The first kappa shape index (κ1) is 47.2. The molecule has 0 unspecified atom stereocenters. The average molecular weight is 734 g/mol. The molecule has 0 saturated heterocycles. The summed E-state index contributed by atoms with van der Waals surface area (Å²) in [5.41, 5.74) is -0.143. The first-order chi connectivity index (χ1) is 23.6.